The topological polar surface area (TPSA) is 89.3 Å². The van der Waals surface area contributed by atoms with Gasteiger partial charge in [-0.2, -0.15) is 0 Å². The molecule has 20 heavy (non-hydrogen) atoms. The van der Waals surface area contributed by atoms with Crippen LogP contribution in [0, 0.1) is 13.8 Å². The van der Waals surface area contributed by atoms with E-state index in [1.807, 2.05) is 6.92 Å². The largest absolute Gasteiger partial charge is 0.338 e. The first-order valence-electron chi connectivity index (χ1n) is 5.89. The van der Waals surface area contributed by atoms with Gasteiger partial charge in [0.1, 0.15) is 5.75 Å². The second kappa shape index (κ2) is 5.46. The van der Waals surface area contributed by atoms with Gasteiger partial charge in [0, 0.05) is 6.07 Å². The summed E-state index contributed by atoms with van der Waals surface area (Å²) in [6, 6.07) is 7.85. The van der Waals surface area contributed by atoms with Crippen molar-refractivity contribution in [1.29, 1.82) is 0 Å². The molecule has 2 rings (SSSR count). The summed E-state index contributed by atoms with van der Waals surface area (Å²) < 4.78 is 28.9. The Labute approximate surface area is 116 Å². The van der Waals surface area contributed by atoms with Gasteiger partial charge in [-0.15, -0.1) is 0 Å². The van der Waals surface area contributed by atoms with Crippen molar-refractivity contribution in [2.45, 2.75) is 18.7 Å². The number of carbonyl (C=O) groups is 1. The Bertz CT molecular complexity index is 717. The molecule has 0 bridgehead atoms. The third kappa shape index (κ3) is 3.45. The zero-order valence-electron chi connectivity index (χ0n) is 11.1. The van der Waals surface area contributed by atoms with Crippen LogP contribution in [-0.4, -0.2) is 25.2 Å². The number of aryl methyl sites for hydroxylation is 2. The van der Waals surface area contributed by atoms with Crippen molar-refractivity contribution in [3.8, 4) is 0 Å². The lowest BCUT2D eigenvalue weighted by Crippen LogP contribution is -2.22. The van der Waals surface area contributed by atoms with Crippen LogP contribution in [0.25, 0.3) is 0 Å². The van der Waals surface area contributed by atoms with Crippen LogP contribution < -0.4 is 5.32 Å². The Kier molecular flexibility index (Phi) is 3.89. The van der Waals surface area contributed by atoms with Crippen LogP contribution in [0.3, 0.4) is 0 Å². The second-order valence-corrected chi connectivity index (χ2v) is 6.44. The molecule has 6 nitrogen and oxygen atoms in total. The molecule has 0 saturated carbocycles. The van der Waals surface area contributed by atoms with Crippen LogP contribution >= 0.6 is 0 Å². The Morgan fingerprint density at radius 2 is 1.90 bits per heavy atom. The predicted octanol–water partition coefficient (Wildman–Crippen LogP) is 1.70. The van der Waals surface area contributed by atoms with E-state index < -0.39 is 21.5 Å². The Balaban J connectivity index is 2.08. The molecule has 7 heteroatoms. The smallest absolute Gasteiger partial charge is 0.242 e. The first-order valence-corrected chi connectivity index (χ1v) is 7.55. The molecule has 0 aliphatic rings. The van der Waals surface area contributed by atoms with E-state index >= 15 is 0 Å². The second-order valence-electron chi connectivity index (χ2n) is 4.45. The summed E-state index contributed by atoms with van der Waals surface area (Å²) in [6.07, 6.45) is 0. The molecule has 0 unspecified atom stereocenters. The monoisotopic (exact) mass is 294 g/mol. The molecule has 1 aromatic carbocycles. The maximum atomic E-state index is 12.0. The summed E-state index contributed by atoms with van der Waals surface area (Å²) in [5.41, 5.74) is 1.55. The molecule has 106 valence electrons. The lowest BCUT2D eigenvalue weighted by Gasteiger charge is -2.04. The van der Waals surface area contributed by atoms with Crippen LogP contribution in [0.5, 0.6) is 0 Å². The number of benzene rings is 1. The molecule has 1 aromatic heterocycles. The van der Waals surface area contributed by atoms with E-state index in [-0.39, 0.29) is 10.8 Å². The number of nitrogens with zero attached hydrogens (tertiary/aromatic N) is 1. The minimum atomic E-state index is -3.66. The Morgan fingerprint density at radius 1 is 1.25 bits per heavy atom. The van der Waals surface area contributed by atoms with Crippen LogP contribution in [-0.2, 0) is 14.6 Å². The molecule has 2 aromatic rings. The molecule has 1 N–H and O–H groups in total. The number of hydrogen-bond donors (Lipinski definition) is 1. The molecular formula is C13H14N2O4S. The molecule has 0 aliphatic carbocycles. The molecule has 0 radical (unpaired) electrons. The maximum Gasteiger partial charge on any atom is 0.242 e. The highest BCUT2D eigenvalue weighted by Gasteiger charge is 2.20. The Hall–Kier alpha value is -2.15. The number of hydrogen-bond acceptors (Lipinski definition) is 5. The van der Waals surface area contributed by atoms with Gasteiger partial charge in [0.25, 0.3) is 0 Å². The quantitative estimate of drug-likeness (QED) is 0.927. The number of aromatic nitrogens is 1. The van der Waals surface area contributed by atoms with Crippen molar-refractivity contribution < 1.29 is 17.7 Å². The fraction of sp³-hybridized carbons (Fsp3) is 0.231. The number of carbonyl (C=O) groups excluding carboxylic acids is 1. The van der Waals surface area contributed by atoms with Crippen LogP contribution in [0.2, 0.25) is 0 Å². The van der Waals surface area contributed by atoms with Gasteiger partial charge in [0.15, 0.2) is 9.84 Å². The third-order valence-corrected chi connectivity index (χ3v) is 4.22. The van der Waals surface area contributed by atoms with E-state index in [2.05, 4.69) is 10.5 Å². The van der Waals surface area contributed by atoms with Crippen LogP contribution in [0.15, 0.2) is 39.8 Å². The van der Waals surface area contributed by atoms with Gasteiger partial charge in [0.05, 0.1) is 10.6 Å². The standard InChI is InChI=1S/C13H14N2O4S/c1-9-3-5-11(6-4-9)20(17,18)8-12(16)14-13-7-10(2)15-19-13/h3-7H,8H2,1-2H3,(H,14,16). The maximum absolute atomic E-state index is 12.0. The summed E-state index contributed by atoms with van der Waals surface area (Å²) >= 11 is 0. The third-order valence-electron chi connectivity index (χ3n) is 2.59. The minimum absolute atomic E-state index is 0.118. The number of rotatable bonds is 4. The van der Waals surface area contributed by atoms with E-state index in [0.717, 1.165) is 5.56 Å². The van der Waals surface area contributed by atoms with Crippen LogP contribution in [0.1, 0.15) is 11.3 Å². The number of anilines is 1. The van der Waals surface area contributed by atoms with E-state index in [1.165, 1.54) is 18.2 Å². The highest BCUT2D eigenvalue weighted by Crippen LogP contribution is 2.13. The molecule has 0 atom stereocenters. The van der Waals surface area contributed by atoms with E-state index in [4.69, 9.17) is 4.52 Å². The van der Waals surface area contributed by atoms with E-state index in [0.29, 0.717) is 5.69 Å². The highest BCUT2D eigenvalue weighted by atomic mass is 32.2. The fourth-order valence-electron chi connectivity index (χ4n) is 1.60. The van der Waals surface area contributed by atoms with Crippen LogP contribution in [0.4, 0.5) is 5.88 Å². The fourth-order valence-corrected chi connectivity index (χ4v) is 2.73. The molecular weight excluding hydrogens is 280 g/mol. The number of amides is 1. The highest BCUT2D eigenvalue weighted by molar-refractivity contribution is 7.92. The van der Waals surface area contributed by atoms with Crippen molar-refractivity contribution in [1.82, 2.24) is 5.16 Å². The molecule has 1 heterocycles. The summed E-state index contributed by atoms with van der Waals surface area (Å²) in [6.45, 7) is 3.55. The van der Waals surface area contributed by atoms with Gasteiger partial charge in [0.2, 0.25) is 11.8 Å². The summed E-state index contributed by atoms with van der Waals surface area (Å²) in [7, 11) is -3.66. The predicted molar refractivity (Wildman–Crippen MR) is 73.1 cm³/mol. The molecule has 0 aliphatic heterocycles. The first-order chi connectivity index (χ1) is 9.37. The van der Waals surface area contributed by atoms with Crippen molar-refractivity contribution in [3.05, 3.63) is 41.6 Å². The van der Waals surface area contributed by atoms with Gasteiger partial charge < -0.3 is 4.52 Å². The summed E-state index contributed by atoms with van der Waals surface area (Å²) in [4.78, 5) is 11.8. The van der Waals surface area contributed by atoms with Gasteiger partial charge in [-0.1, -0.05) is 22.9 Å². The zero-order valence-corrected chi connectivity index (χ0v) is 11.9. The molecule has 0 spiro atoms. The normalized spacial score (nSPS) is 11.3. The lowest BCUT2D eigenvalue weighted by atomic mass is 10.2. The van der Waals surface area contributed by atoms with E-state index in [1.54, 1.807) is 19.1 Å². The SMILES string of the molecule is Cc1ccc(S(=O)(=O)CC(=O)Nc2cc(C)no2)cc1. The Morgan fingerprint density at radius 3 is 2.45 bits per heavy atom. The van der Waals surface area contributed by atoms with Crippen molar-refractivity contribution in [3.63, 3.8) is 0 Å². The molecule has 0 fully saturated rings. The van der Waals surface area contributed by atoms with E-state index in [9.17, 15) is 13.2 Å². The number of sulfone groups is 1. The average Bonchev–Trinajstić information content (AvgIpc) is 2.74. The van der Waals surface area contributed by atoms with Crippen molar-refractivity contribution in [2.24, 2.45) is 0 Å². The van der Waals surface area contributed by atoms with Crippen molar-refractivity contribution >= 4 is 21.6 Å². The van der Waals surface area contributed by atoms with Crippen molar-refractivity contribution in [2.75, 3.05) is 11.1 Å². The zero-order chi connectivity index (χ0) is 14.8. The van der Waals surface area contributed by atoms with Gasteiger partial charge in [-0.05, 0) is 26.0 Å². The number of nitrogens with one attached hydrogen (secondary N) is 1. The first kappa shape index (κ1) is 14.3. The summed E-state index contributed by atoms with van der Waals surface area (Å²) in [5, 5.41) is 5.95. The van der Waals surface area contributed by atoms with Gasteiger partial charge in [-0.3, -0.25) is 10.1 Å². The molecule has 0 saturated heterocycles. The summed E-state index contributed by atoms with van der Waals surface area (Å²) in [5.74, 6) is -1.18. The van der Waals surface area contributed by atoms with Gasteiger partial charge >= 0.3 is 0 Å². The molecule has 1 amide bonds. The average molecular weight is 294 g/mol. The van der Waals surface area contributed by atoms with Gasteiger partial charge in [-0.25, -0.2) is 8.42 Å². The minimum Gasteiger partial charge on any atom is -0.338 e. The lowest BCUT2D eigenvalue weighted by molar-refractivity contribution is -0.114.